The average Bonchev–Trinajstić information content (AvgIpc) is 2.85. The van der Waals surface area contributed by atoms with Gasteiger partial charge in [-0.3, -0.25) is 0 Å². The molecule has 0 spiro atoms. The molecule has 0 amide bonds. The largest absolute Gasteiger partial charge is 0.466 e. The van der Waals surface area contributed by atoms with Gasteiger partial charge in [0, 0.05) is 19.3 Å². The van der Waals surface area contributed by atoms with Crippen LogP contribution in [0.25, 0.3) is 0 Å². The zero-order valence-electron chi connectivity index (χ0n) is 18.7. The van der Waals surface area contributed by atoms with Crippen LogP contribution in [0, 0.1) is 0 Å². The smallest absolute Gasteiger partial charge is 0.417 e. The SMILES string of the molecule is COC(=O)C1=C(C(=O)OC)N(c2ccccc2NCCNc2ncc(C(F)(F)F)cc2Cl)COC1. The molecule has 13 heteroatoms. The number of methoxy groups -OCH3 is 2. The van der Waals surface area contributed by atoms with E-state index in [4.69, 9.17) is 25.8 Å². The fourth-order valence-electron chi connectivity index (χ4n) is 3.29. The van der Waals surface area contributed by atoms with Crippen LogP contribution in [-0.4, -0.2) is 57.6 Å². The average molecular weight is 515 g/mol. The van der Waals surface area contributed by atoms with Gasteiger partial charge in [-0.2, -0.15) is 13.2 Å². The molecule has 1 aromatic carbocycles. The van der Waals surface area contributed by atoms with E-state index in [0.29, 0.717) is 24.1 Å². The van der Waals surface area contributed by atoms with Crippen molar-refractivity contribution in [2.45, 2.75) is 6.18 Å². The quantitative estimate of drug-likeness (QED) is 0.403. The molecule has 0 aliphatic carbocycles. The second-order valence-corrected chi connectivity index (χ2v) is 7.55. The highest BCUT2D eigenvalue weighted by Gasteiger charge is 2.33. The number of pyridine rings is 1. The number of para-hydroxylation sites is 2. The normalized spacial score (nSPS) is 13.9. The summed E-state index contributed by atoms with van der Waals surface area (Å²) in [5, 5.41) is 5.88. The van der Waals surface area contributed by atoms with Crippen LogP contribution in [0.15, 0.2) is 47.8 Å². The minimum atomic E-state index is -4.54. The molecule has 1 aromatic heterocycles. The second-order valence-electron chi connectivity index (χ2n) is 7.14. The number of carbonyl (C=O) groups is 2. The Labute approximate surface area is 203 Å². The van der Waals surface area contributed by atoms with E-state index in [9.17, 15) is 22.8 Å². The predicted molar refractivity (Wildman–Crippen MR) is 122 cm³/mol. The highest BCUT2D eigenvalue weighted by molar-refractivity contribution is 6.33. The highest BCUT2D eigenvalue weighted by atomic mass is 35.5. The van der Waals surface area contributed by atoms with Gasteiger partial charge in [0.2, 0.25) is 0 Å². The number of alkyl halides is 3. The van der Waals surface area contributed by atoms with Gasteiger partial charge < -0.3 is 29.7 Å². The zero-order chi connectivity index (χ0) is 25.6. The van der Waals surface area contributed by atoms with Crippen molar-refractivity contribution in [3.8, 4) is 0 Å². The van der Waals surface area contributed by atoms with Gasteiger partial charge in [-0.15, -0.1) is 0 Å². The Kier molecular flexibility index (Phi) is 8.41. The van der Waals surface area contributed by atoms with Crippen molar-refractivity contribution >= 4 is 40.7 Å². The van der Waals surface area contributed by atoms with E-state index in [1.165, 1.54) is 19.1 Å². The Morgan fingerprint density at radius 3 is 2.49 bits per heavy atom. The number of rotatable bonds is 8. The lowest BCUT2D eigenvalue weighted by molar-refractivity contribution is -0.140. The summed E-state index contributed by atoms with van der Waals surface area (Å²) in [6.07, 6.45) is -3.84. The molecule has 3 rings (SSSR count). The summed E-state index contributed by atoms with van der Waals surface area (Å²) in [5.74, 6) is -1.34. The first-order chi connectivity index (χ1) is 16.7. The molecule has 0 saturated carbocycles. The third-order valence-electron chi connectivity index (χ3n) is 4.93. The molecule has 0 bridgehead atoms. The van der Waals surface area contributed by atoms with E-state index in [0.717, 1.165) is 6.07 Å². The Balaban J connectivity index is 1.75. The molecule has 2 N–H and O–H groups in total. The molecular formula is C22H22ClF3N4O5. The Bertz CT molecular complexity index is 1130. The van der Waals surface area contributed by atoms with E-state index in [-0.39, 0.29) is 42.0 Å². The second kappa shape index (κ2) is 11.3. The third kappa shape index (κ3) is 6.14. The van der Waals surface area contributed by atoms with Gasteiger partial charge in [-0.25, -0.2) is 14.6 Å². The number of aromatic nitrogens is 1. The lowest BCUT2D eigenvalue weighted by Crippen LogP contribution is -2.39. The number of nitrogens with zero attached hydrogens (tertiary/aromatic N) is 2. The van der Waals surface area contributed by atoms with E-state index < -0.39 is 23.7 Å². The van der Waals surface area contributed by atoms with Gasteiger partial charge in [-0.1, -0.05) is 23.7 Å². The highest BCUT2D eigenvalue weighted by Crippen LogP contribution is 2.33. The zero-order valence-corrected chi connectivity index (χ0v) is 19.5. The van der Waals surface area contributed by atoms with Crippen LogP contribution in [0.2, 0.25) is 5.02 Å². The van der Waals surface area contributed by atoms with Gasteiger partial charge in [-0.05, 0) is 18.2 Å². The molecule has 188 valence electrons. The fourth-order valence-corrected chi connectivity index (χ4v) is 3.53. The van der Waals surface area contributed by atoms with E-state index in [1.54, 1.807) is 24.3 Å². The van der Waals surface area contributed by atoms with Crippen molar-refractivity contribution < 1.29 is 37.0 Å². The summed E-state index contributed by atoms with van der Waals surface area (Å²) in [6, 6.07) is 7.78. The molecule has 0 unspecified atom stereocenters. The lowest BCUT2D eigenvalue weighted by atomic mass is 10.1. The number of hydrogen-bond acceptors (Lipinski definition) is 9. The van der Waals surface area contributed by atoms with Gasteiger partial charge in [0.1, 0.15) is 18.2 Å². The summed E-state index contributed by atoms with van der Waals surface area (Å²) in [6.45, 7) is 0.433. The molecule has 0 radical (unpaired) electrons. The van der Waals surface area contributed by atoms with Crippen molar-refractivity contribution in [1.82, 2.24) is 4.98 Å². The molecule has 2 heterocycles. The van der Waals surface area contributed by atoms with Gasteiger partial charge in [0.25, 0.3) is 0 Å². The number of benzene rings is 1. The Morgan fingerprint density at radius 2 is 1.83 bits per heavy atom. The first kappa shape index (κ1) is 26.1. The molecule has 35 heavy (non-hydrogen) atoms. The van der Waals surface area contributed by atoms with Crippen LogP contribution in [-0.2, 0) is 30.0 Å². The summed E-state index contributed by atoms with van der Waals surface area (Å²) in [4.78, 5) is 30.0. The maximum absolute atomic E-state index is 12.8. The van der Waals surface area contributed by atoms with Crippen LogP contribution in [0.4, 0.5) is 30.4 Å². The topological polar surface area (TPSA) is 102 Å². The van der Waals surface area contributed by atoms with E-state index in [2.05, 4.69) is 15.6 Å². The third-order valence-corrected chi connectivity index (χ3v) is 5.22. The van der Waals surface area contributed by atoms with Gasteiger partial charge >= 0.3 is 18.1 Å². The summed E-state index contributed by atoms with van der Waals surface area (Å²) < 4.78 is 53.5. The number of carbonyl (C=O) groups excluding carboxylic acids is 2. The van der Waals surface area contributed by atoms with Crippen LogP contribution in [0.3, 0.4) is 0 Å². The maximum Gasteiger partial charge on any atom is 0.417 e. The molecule has 9 nitrogen and oxygen atoms in total. The van der Waals surface area contributed by atoms with Gasteiger partial charge in [0.05, 0.1) is 48.4 Å². The number of anilines is 3. The monoisotopic (exact) mass is 514 g/mol. The number of hydrogen-bond donors (Lipinski definition) is 2. The standard InChI is InChI=1S/C22H22ClF3N4O5/c1-33-20(31)14-11-35-12-30(18(14)21(32)34-2)17-6-4-3-5-16(17)27-7-8-28-19-15(23)9-13(10-29-19)22(24,25)26/h3-6,9-10,27H,7-8,11-12H2,1-2H3,(H,28,29). The van der Waals surface area contributed by atoms with Crippen molar-refractivity contribution in [3.63, 3.8) is 0 Å². The minimum absolute atomic E-state index is 0.00119. The fraction of sp³-hybridized carbons (Fsp3) is 0.318. The number of ether oxygens (including phenoxy) is 3. The van der Waals surface area contributed by atoms with Crippen molar-refractivity contribution in [3.05, 3.63) is 58.4 Å². The summed E-state index contributed by atoms with van der Waals surface area (Å²) in [5.41, 5.74) is 0.199. The van der Waals surface area contributed by atoms with Crippen LogP contribution < -0.4 is 15.5 Å². The van der Waals surface area contributed by atoms with Crippen molar-refractivity contribution in [2.24, 2.45) is 0 Å². The van der Waals surface area contributed by atoms with Gasteiger partial charge in [0.15, 0.2) is 0 Å². The molecule has 1 aliphatic heterocycles. The molecule has 0 atom stereocenters. The minimum Gasteiger partial charge on any atom is -0.466 e. The van der Waals surface area contributed by atoms with Crippen LogP contribution >= 0.6 is 11.6 Å². The molecular weight excluding hydrogens is 493 g/mol. The maximum atomic E-state index is 12.8. The summed E-state index contributed by atoms with van der Waals surface area (Å²) >= 11 is 5.92. The first-order valence-corrected chi connectivity index (χ1v) is 10.6. The molecule has 2 aromatic rings. The number of halogens is 4. The number of nitrogens with one attached hydrogen (secondary N) is 2. The van der Waals surface area contributed by atoms with Crippen molar-refractivity contribution in [1.29, 1.82) is 0 Å². The molecule has 0 fully saturated rings. The van der Waals surface area contributed by atoms with Crippen molar-refractivity contribution in [2.75, 3.05) is 56.2 Å². The molecule has 1 aliphatic rings. The summed E-state index contributed by atoms with van der Waals surface area (Å²) in [7, 11) is 2.40. The lowest BCUT2D eigenvalue weighted by Gasteiger charge is -2.32. The number of esters is 2. The predicted octanol–water partition coefficient (Wildman–Crippen LogP) is 3.67. The Morgan fingerprint density at radius 1 is 1.14 bits per heavy atom. The molecule has 0 saturated heterocycles. The van der Waals surface area contributed by atoms with E-state index in [1.807, 2.05) is 0 Å². The Hall–Kier alpha value is -3.51. The van der Waals surface area contributed by atoms with E-state index >= 15 is 0 Å². The first-order valence-electron chi connectivity index (χ1n) is 10.2. The van der Waals surface area contributed by atoms with Crippen LogP contribution in [0.5, 0.6) is 0 Å². The van der Waals surface area contributed by atoms with Crippen LogP contribution in [0.1, 0.15) is 5.56 Å².